The number of ether oxygens (including phenoxy) is 1. The molecule has 0 aliphatic heterocycles. The van der Waals surface area contributed by atoms with E-state index < -0.39 is 0 Å². The van der Waals surface area contributed by atoms with E-state index in [0.29, 0.717) is 17.8 Å². The Labute approximate surface area is 183 Å². The molecule has 4 nitrogen and oxygen atoms in total. The number of rotatable bonds is 5. The summed E-state index contributed by atoms with van der Waals surface area (Å²) in [5, 5.41) is 0. The van der Waals surface area contributed by atoms with Crippen LogP contribution in [-0.4, -0.2) is 16.6 Å². The highest BCUT2D eigenvalue weighted by atomic mass is 19.1. The maximum Gasteiger partial charge on any atom is 0.348 e. The lowest BCUT2D eigenvalue weighted by molar-refractivity contribution is -0.634. The molecular formula is C26H32FN2O2+. The van der Waals surface area contributed by atoms with Crippen LogP contribution in [0.5, 0.6) is 0 Å². The average molecular weight is 424 g/mol. The first-order chi connectivity index (χ1) is 14.8. The molecule has 31 heavy (non-hydrogen) atoms. The summed E-state index contributed by atoms with van der Waals surface area (Å²) in [5.41, 5.74) is 2.83. The Kier molecular flexibility index (Phi) is 6.12. The molecule has 3 atom stereocenters. The molecule has 1 saturated carbocycles. The molecular weight excluding hydrogens is 391 g/mol. The van der Waals surface area contributed by atoms with Crippen molar-refractivity contribution >= 4 is 17.0 Å². The summed E-state index contributed by atoms with van der Waals surface area (Å²) < 4.78 is 23.6. The summed E-state index contributed by atoms with van der Waals surface area (Å²) >= 11 is 0. The fourth-order valence-corrected chi connectivity index (χ4v) is 5.08. The zero-order chi connectivity index (χ0) is 22.1. The standard InChI is InChI=1S/C26H32FN2O2/c1-17(2)21-14-9-18(3)15-24(21)31-25(30)16-29-23-8-6-5-7-22(23)28(4)26(29)19-10-12-20(27)13-11-19/h5-8,10-13,17-18,21,24H,9,14-16H2,1-4H3/q+1/t18-,21+,24?/m1/s1. The number of nitrogens with zero attached hydrogens (tertiary/aromatic N) is 2. The van der Waals surface area contributed by atoms with Gasteiger partial charge in [0.15, 0.2) is 17.6 Å². The van der Waals surface area contributed by atoms with Crippen molar-refractivity contribution in [2.24, 2.45) is 24.8 Å². The van der Waals surface area contributed by atoms with E-state index in [4.69, 9.17) is 4.74 Å². The first-order valence-corrected chi connectivity index (χ1v) is 11.3. The molecule has 0 bridgehead atoms. The monoisotopic (exact) mass is 423 g/mol. The van der Waals surface area contributed by atoms with Crippen LogP contribution in [0.1, 0.15) is 40.0 Å². The van der Waals surface area contributed by atoms with E-state index >= 15 is 0 Å². The number of aryl methyl sites for hydroxylation is 1. The van der Waals surface area contributed by atoms with Gasteiger partial charge in [-0.05, 0) is 67.0 Å². The molecule has 3 aromatic rings. The van der Waals surface area contributed by atoms with Crippen LogP contribution in [0.25, 0.3) is 22.4 Å². The summed E-state index contributed by atoms with van der Waals surface area (Å²) in [6, 6.07) is 14.4. The van der Waals surface area contributed by atoms with Gasteiger partial charge in [0.25, 0.3) is 5.82 Å². The topological polar surface area (TPSA) is 35.1 Å². The number of imidazole rings is 1. The first kappa shape index (κ1) is 21.5. The summed E-state index contributed by atoms with van der Waals surface area (Å²) in [5.74, 6) is 1.84. The van der Waals surface area contributed by atoms with Gasteiger partial charge < -0.3 is 4.74 Å². The van der Waals surface area contributed by atoms with Gasteiger partial charge in [0, 0.05) is 0 Å². The molecule has 1 aromatic heterocycles. The second-order valence-electron chi connectivity index (χ2n) is 9.32. The number of hydrogen-bond acceptors (Lipinski definition) is 2. The van der Waals surface area contributed by atoms with Gasteiger partial charge in [0.1, 0.15) is 11.9 Å². The molecule has 1 heterocycles. The van der Waals surface area contributed by atoms with Crippen LogP contribution in [0.3, 0.4) is 0 Å². The molecule has 0 N–H and O–H groups in total. The maximum atomic E-state index is 13.5. The lowest BCUT2D eigenvalue weighted by Crippen LogP contribution is -2.37. The second kappa shape index (κ2) is 8.81. The highest BCUT2D eigenvalue weighted by Gasteiger charge is 2.34. The van der Waals surface area contributed by atoms with E-state index in [9.17, 15) is 9.18 Å². The van der Waals surface area contributed by atoms with Crippen molar-refractivity contribution in [3.63, 3.8) is 0 Å². The van der Waals surface area contributed by atoms with Crippen LogP contribution >= 0.6 is 0 Å². The highest BCUT2D eigenvalue weighted by molar-refractivity contribution is 5.79. The van der Waals surface area contributed by atoms with Gasteiger partial charge in [-0.1, -0.05) is 39.3 Å². The Morgan fingerprint density at radius 3 is 2.58 bits per heavy atom. The molecule has 0 amide bonds. The third kappa shape index (κ3) is 4.36. The van der Waals surface area contributed by atoms with E-state index in [1.165, 1.54) is 18.6 Å². The highest BCUT2D eigenvalue weighted by Crippen LogP contribution is 2.35. The van der Waals surface area contributed by atoms with E-state index in [0.717, 1.165) is 35.3 Å². The fraction of sp³-hybridized carbons (Fsp3) is 0.462. The molecule has 4 rings (SSSR count). The number of esters is 1. The minimum atomic E-state index is -0.278. The van der Waals surface area contributed by atoms with Crippen molar-refractivity contribution in [2.45, 2.75) is 52.7 Å². The minimum Gasteiger partial charge on any atom is -0.459 e. The van der Waals surface area contributed by atoms with Crippen molar-refractivity contribution in [1.82, 2.24) is 4.57 Å². The number of hydrogen-bond donors (Lipinski definition) is 0. The fourth-order valence-electron chi connectivity index (χ4n) is 5.08. The van der Waals surface area contributed by atoms with Crippen LogP contribution in [-0.2, 0) is 23.1 Å². The van der Waals surface area contributed by atoms with Crippen LogP contribution in [0.15, 0.2) is 48.5 Å². The third-order valence-electron chi connectivity index (χ3n) is 6.74. The van der Waals surface area contributed by atoms with Crippen molar-refractivity contribution < 1.29 is 18.5 Å². The Bertz CT molecular complexity index is 1070. The Balaban J connectivity index is 1.67. The summed E-state index contributed by atoms with van der Waals surface area (Å²) in [4.78, 5) is 13.1. The van der Waals surface area contributed by atoms with Crippen molar-refractivity contribution in [3.05, 3.63) is 54.3 Å². The number of fused-ring (bicyclic) bond motifs is 1. The SMILES string of the molecule is CC(C)[C@@H]1CC[C@@H](C)CC1OC(=O)Cn1c(-c2ccc(F)cc2)[n+](C)c2ccccc21. The number of halogens is 1. The Hall–Kier alpha value is -2.69. The zero-order valence-corrected chi connectivity index (χ0v) is 18.8. The lowest BCUT2D eigenvalue weighted by Gasteiger charge is -2.36. The van der Waals surface area contributed by atoms with E-state index in [-0.39, 0.29) is 24.4 Å². The predicted octanol–water partition coefficient (Wildman–Crippen LogP) is 5.28. The maximum absolute atomic E-state index is 13.5. The summed E-state index contributed by atoms with van der Waals surface area (Å²) in [7, 11) is 1.97. The van der Waals surface area contributed by atoms with Gasteiger partial charge in [-0.2, -0.15) is 0 Å². The quantitative estimate of drug-likeness (QED) is 0.414. The first-order valence-electron chi connectivity index (χ1n) is 11.3. The van der Waals surface area contributed by atoms with Gasteiger partial charge in [-0.15, -0.1) is 0 Å². The normalized spacial score (nSPS) is 21.5. The molecule has 0 radical (unpaired) electrons. The number of benzene rings is 2. The average Bonchev–Trinajstić information content (AvgIpc) is 3.00. The molecule has 1 aliphatic carbocycles. The zero-order valence-electron chi connectivity index (χ0n) is 18.8. The van der Waals surface area contributed by atoms with Gasteiger partial charge in [-0.3, -0.25) is 0 Å². The third-order valence-corrected chi connectivity index (χ3v) is 6.74. The number of carbonyl (C=O) groups is 1. The molecule has 0 saturated heterocycles. The van der Waals surface area contributed by atoms with Gasteiger partial charge in [0.05, 0.1) is 12.6 Å². The summed E-state index contributed by atoms with van der Waals surface area (Å²) in [6.45, 7) is 6.80. The van der Waals surface area contributed by atoms with Crippen LogP contribution in [0.2, 0.25) is 0 Å². The van der Waals surface area contributed by atoms with Gasteiger partial charge in [-0.25, -0.2) is 18.3 Å². The van der Waals surface area contributed by atoms with Gasteiger partial charge >= 0.3 is 5.97 Å². The second-order valence-corrected chi connectivity index (χ2v) is 9.32. The molecule has 1 fully saturated rings. The van der Waals surface area contributed by atoms with E-state index in [1.807, 2.05) is 35.9 Å². The largest absolute Gasteiger partial charge is 0.459 e. The molecule has 2 aromatic carbocycles. The smallest absolute Gasteiger partial charge is 0.348 e. The number of para-hydroxylation sites is 2. The van der Waals surface area contributed by atoms with Crippen LogP contribution in [0, 0.1) is 23.6 Å². The van der Waals surface area contributed by atoms with Crippen LogP contribution in [0.4, 0.5) is 4.39 Å². The predicted molar refractivity (Wildman–Crippen MR) is 120 cm³/mol. The number of aromatic nitrogens is 2. The lowest BCUT2D eigenvalue weighted by atomic mass is 9.75. The van der Waals surface area contributed by atoms with Crippen molar-refractivity contribution in [2.75, 3.05) is 0 Å². The summed E-state index contributed by atoms with van der Waals surface area (Å²) in [6.07, 6.45) is 3.21. The van der Waals surface area contributed by atoms with Crippen LogP contribution < -0.4 is 4.57 Å². The Morgan fingerprint density at radius 2 is 1.87 bits per heavy atom. The van der Waals surface area contributed by atoms with E-state index in [2.05, 4.69) is 25.3 Å². The molecule has 164 valence electrons. The molecule has 0 spiro atoms. The molecule has 1 unspecified atom stereocenters. The Morgan fingerprint density at radius 1 is 1.16 bits per heavy atom. The van der Waals surface area contributed by atoms with Crippen molar-refractivity contribution in [1.29, 1.82) is 0 Å². The minimum absolute atomic E-state index is 0.0268. The van der Waals surface area contributed by atoms with Crippen molar-refractivity contribution in [3.8, 4) is 11.4 Å². The van der Waals surface area contributed by atoms with E-state index in [1.54, 1.807) is 12.1 Å². The molecule has 1 aliphatic rings. The number of carbonyl (C=O) groups excluding carboxylic acids is 1. The molecule has 5 heteroatoms. The van der Waals surface area contributed by atoms with Gasteiger partial charge in [0.2, 0.25) is 0 Å².